The van der Waals surface area contributed by atoms with Crippen LogP contribution in [0.5, 0.6) is 0 Å². The summed E-state index contributed by atoms with van der Waals surface area (Å²) in [5.74, 6) is 0.370. The van der Waals surface area contributed by atoms with Crippen LogP contribution in [0.4, 0.5) is 10.2 Å². The fraction of sp³-hybridized carbons (Fsp3) is 0.476. The van der Waals surface area contributed by atoms with Crippen LogP contribution in [0, 0.1) is 11.2 Å². The number of anilines is 1. The van der Waals surface area contributed by atoms with Crippen LogP contribution >= 0.6 is 11.6 Å². The Labute approximate surface area is 187 Å². The van der Waals surface area contributed by atoms with Crippen LogP contribution in [0.1, 0.15) is 17.4 Å². The minimum Gasteiger partial charge on any atom is -0.394 e. The third-order valence-electron chi connectivity index (χ3n) is 6.82. The highest BCUT2D eigenvalue weighted by Gasteiger charge is 2.49. The normalized spacial score (nSPS) is 28.5. The highest BCUT2D eigenvalue weighted by atomic mass is 35.5. The molecule has 3 aromatic rings. The van der Waals surface area contributed by atoms with Gasteiger partial charge in [0, 0.05) is 18.5 Å². The molecule has 32 heavy (non-hydrogen) atoms. The quantitative estimate of drug-likeness (QED) is 0.491. The highest BCUT2D eigenvalue weighted by Crippen LogP contribution is 2.46. The number of nitrogens with zero attached hydrogens (tertiary/aromatic N) is 5. The van der Waals surface area contributed by atoms with Gasteiger partial charge in [0.15, 0.2) is 23.2 Å². The molecule has 3 aliphatic rings. The van der Waals surface area contributed by atoms with Crippen molar-refractivity contribution in [1.82, 2.24) is 19.5 Å². The molecule has 168 valence electrons. The maximum Gasteiger partial charge on any atom is 0.226 e. The van der Waals surface area contributed by atoms with Gasteiger partial charge in [0.05, 0.1) is 12.9 Å². The van der Waals surface area contributed by atoms with Gasteiger partial charge in [-0.25, -0.2) is 9.37 Å². The van der Waals surface area contributed by atoms with Crippen LogP contribution in [0.15, 0.2) is 24.5 Å². The molecule has 2 aliphatic heterocycles. The second-order valence-corrected chi connectivity index (χ2v) is 9.33. The molecule has 3 N–H and O–H groups in total. The number of hydrogen-bond donors (Lipinski definition) is 3. The number of fused-ring (bicyclic) bond motifs is 2. The van der Waals surface area contributed by atoms with Crippen molar-refractivity contribution in [2.45, 2.75) is 37.4 Å². The topological polar surface area (TPSA) is 117 Å². The predicted octanol–water partition coefficient (Wildman–Crippen LogP) is 0.835. The summed E-state index contributed by atoms with van der Waals surface area (Å²) in [5, 5.41) is 29.9. The van der Waals surface area contributed by atoms with Crippen molar-refractivity contribution in [3.8, 4) is 0 Å². The van der Waals surface area contributed by atoms with E-state index in [1.807, 2.05) is 6.07 Å². The third-order valence-corrected chi connectivity index (χ3v) is 6.99. The van der Waals surface area contributed by atoms with E-state index in [4.69, 9.17) is 16.3 Å². The first-order valence-corrected chi connectivity index (χ1v) is 10.8. The van der Waals surface area contributed by atoms with Crippen LogP contribution in [0.25, 0.3) is 11.2 Å². The van der Waals surface area contributed by atoms with E-state index in [9.17, 15) is 19.7 Å². The lowest BCUT2D eigenvalue weighted by molar-refractivity contribution is -0.0511. The molecule has 2 aromatic heterocycles. The SMILES string of the molecule is OC[C@H]1O[C@@H](n2cnc3c(N4CC5(Cc6ccc(F)cc6C5)C4)nc(Cl)nc32)C(O)[C@H]1O. The second-order valence-electron chi connectivity index (χ2n) is 8.99. The molecule has 9 nitrogen and oxygen atoms in total. The van der Waals surface area contributed by atoms with Crippen LogP contribution in [0.2, 0.25) is 5.28 Å². The van der Waals surface area contributed by atoms with E-state index < -0.39 is 31.1 Å². The monoisotopic (exact) mass is 461 g/mol. The van der Waals surface area contributed by atoms with Crippen molar-refractivity contribution in [2.75, 3.05) is 24.6 Å². The van der Waals surface area contributed by atoms with Crippen molar-refractivity contribution in [2.24, 2.45) is 5.41 Å². The van der Waals surface area contributed by atoms with Gasteiger partial charge in [0.1, 0.15) is 24.1 Å². The van der Waals surface area contributed by atoms with Gasteiger partial charge in [-0.1, -0.05) is 6.07 Å². The summed E-state index contributed by atoms with van der Waals surface area (Å²) in [6.07, 6.45) is -1.20. The van der Waals surface area contributed by atoms with Crippen LogP contribution in [0.3, 0.4) is 0 Å². The largest absolute Gasteiger partial charge is 0.394 e. The van der Waals surface area contributed by atoms with Crippen molar-refractivity contribution in [1.29, 1.82) is 0 Å². The molecule has 6 rings (SSSR count). The van der Waals surface area contributed by atoms with Gasteiger partial charge in [-0.2, -0.15) is 9.97 Å². The lowest BCUT2D eigenvalue weighted by Crippen LogP contribution is -2.57. The highest BCUT2D eigenvalue weighted by molar-refractivity contribution is 6.28. The van der Waals surface area contributed by atoms with E-state index in [-0.39, 0.29) is 16.5 Å². The molecule has 0 amide bonds. The summed E-state index contributed by atoms with van der Waals surface area (Å²) in [7, 11) is 0. The molecule has 1 spiro atoms. The molecule has 4 atom stereocenters. The molecule has 0 saturated carbocycles. The Balaban J connectivity index is 1.29. The van der Waals surface area contributed by atoms with Gasteiger partial charge < -0.3 is 25.0 Å². The number of rotatable bonds is 3. The first-order chi connectivity index (χ1) is 15.4. The minimum absolute atomic E-state index is 0.0266. The molecular weight excluding hydrogens is 441 g/mol. The molecule has 2 fully saturated rings. The zero-order valence-electron chi connectivity index (χ0n) is 16.9. The zero-order chi connectivity index (χ0) is 22.2. The number of halogens is 2. The number of ether oxygens (including phenoxy) is 1. The van der Waals surface area contributed by atoms with Gasteiger partial charge in [-0.15, -0.1) is 0 Å². The van der Waals surface area contributed by atoms with E-state index in [0.29, 0.717) is 17.0 Å². The summed E-state index contributed by atoms with van der Waals surface area (Å²) >= 11 is 6.22. The molecule has 11 heteroatoms. The average Bonchev–Trinajstić information content (AvgIpc) is 3.40. The Morgan fingerprint density at radius 3 is 2.69 bits per heavy atom. The van der Waals surface area contributed by atoms with Gasteiger partial charge in [0.2, 0.25) is 5.28 Å². The number of benzene rings is 1. The lowest BCUT2D eigenvalue weighted by atomic mass is 9.77. The second kappa shape index (κ2) is 7.06. The summed E-state index contributed by atoms with van der Waals surface area (Å²) in [6, 6.07) is 4.99. The van der Waals surface area contributed by atoms with E-state index in [2.05, 4.69) is 19.9 Å². The molecule has 1 aromatic carbocycles. The Kier molecular flexibility index (Phi) is 4.47. The van der Waals surface area contributed by atoms with Gasteiger partial charge in [-0.3, -0.25) is 4.57 Å². The van der Waals surface area contributed by atoms with Crippen LogP contribution in [-0.2, 0) is 17.6 Å². The van der Waals surface area contributed by atoms with Crippen LogP contribution in [-0.4, -0.2) is 72.8 Å². The third kappa shape index (κ3) is 2.94. The first kappa shape index (κ1) is 20.3. The maximum absolute atomic E-state index is 13.6. The number of aliphatic hydroxyl groups is 3. The summed E-state index contributed by atoms with van der Waals surface area (Å²) in [5.41, 5.74) is 3.15. The molecule has 0 bridgehead atoms. The van der Waals surface area contributed by atoms with Gasteiger partial charge >= 0.3 is 0 Å². The summed E-state index contributed by atoms with van der Waals surface area (Å²) in [6.45, 7) is 1.03. The summed E-state index contributed by atoms with van der Waals surface area (Å²) in [4.78, 5) is 15.2. The Morgan fingerprint density at radius 2 is 1.94 bits per heavy atom. The van der Waals surface area contributed by atoms with Crippen molar-refractivity contribution < 1.29 is 24.4 Å². The predicted molar refractivity (Wildman–Crippen MR) is 112 cm³/mol. The van der Waals surface area contributed by atoms with E-state index in [1.165, 1.54) is 22.5 Å². The smallest absolute Gasteiger partial charge is 0.226 e. The first-order valence-electron chi connectivity index (χ1n) is 10.4. The minimum atomic E-state index is -1.26. The standard InChI is InChI=1S/C21H21ClFN5O4/c22-20-25-17(27-7-21(8-27)4-10-1-2-12(23)3-11(10)5-21)14-18(26-20)28(9-24-14)19-16(31)15(30)13(6-29)32-19/h1-3,9,13,15-16,19,29-31H,4-8H2/t13-,15+,16?,19-/m1/s1. The Hall–Kier alpha value is -2.37. The molecule has 2 saturated heterocycles. The zero-order valence-corrected chi connectivity index (χ0v) is 17.7. The van der Waals surface area contributed by atoms with E-state index >= 15 is 0 Å². The number of aliphatic hydroxyl groups excluding tert-OH is 3. The fourth-order valence-corrected chi connectivity index (χ4v) is 5.49. The van der Waals surface area contributed by atoms with Crippen molar-refractivity contribution in [3.63, 3.8) is 0 Å². The van der Waals surface area contributed by atoms with E-state index in [1.54, 1.807) is 6.07 Å². The molecular formula is C21H21ClFN5O4. The Bertz CT molecular complexity index is 1220. The number of hydrogen-bond acceptors (Lipinski definition) is 8. The van der Waals surface area contributed by atoms with E-state index in [0.717, 1.165) is 31.5 Å². The lowest BCUT2D eigenvalue weighted by Gasteiger charge is -2.49. The van der Waals surface area contributed by atoms with Gasteiger partial charge in [0.25, 0.3) is 0 Å². The molecule has 4 heterocycles. The van der Waals surface area contributed by atoms with Crippen LogP contribution < -0.4 is 4.90 Å². The average molecular weight is 462 g/mol. The number of imidazole rings is 1. The summed E-state index contributed by atoms with van der Waals surface area (Å²) < 4.78 is 20.7. The molecule has 1 unspecified atom stereocenters. The van der Waals surface area contributed by atoms with Crippen molar-refractivity contribution >= 4 is 28.6 Å². The molecule has 0 radical (unpaired) electrons. The van der Waals surface area contributed by atoms with Gasteiger partial charge in [-0.05, 0) is 47.7 Å². The maximum atomic E-state index is 13.6. The fourth-order valence-electron chi connectivity index (χ4n) is 5.33. The Morgan fingerprint density at radius 1 is 1.16 bits per heavy atom. The molecule has 1 aliphatic carbocycles. The number of aromatic nitrogens is 4. The van der Waals surface area contributed by atoms with Crippen molar-refractivity contribution in [3.05, 3.63) is 46.8 Å².